The van der Waals surface area contributed by atoms with Crippen molar-refractivity contribution in [1.29, 1.82) is 0 Å². The number of anilines is 1. The smallest absolute Gasteiger partial charge is 0.131 e. The van der Waals surface area contributed by atoms with E-state index >= 15 is 0 Å². The van der Waals surface area contributed by atoms with Crippen molar-refractivity contribution in [2.24, 2.45) is 0 Å². The summed E-state index contributed by atoms with van der Waals surface area (Å²) in [6, 6.07) is 8.23. The highest BCUT2D eigenvalue weighted by molar-refractivity contribution is 14.1. The Morgan fingerprint density at radius 2 is 2.00 bits per heavy atom. The fourth-order valence-corrected chi connectivity index (χ4v) is 3.22. The summed E-state index contributed by atoms with van der Waals surface area (Å²) >= 11 is 4.16. The van der Waals surface area contributed by atoms with Gasteiger partial charge in [-0.05, 0) is 46.9 Å². The van der Waals surface area contributed by atoms with Gasteiger partial charge in [0.15, 0.2) is 0 Å². The maximum absolute atomic E-state index is 6.11. The van der Waals surface area contributed by atoms with Crippen LogP contribution in [-0.4, -0.2) is 9.78 Å². The van der Waals surface area contributed by atoms with E-state index in [1.54, 1.807) is 0 Å². The van der Waals surface area contributed by atoms with Crippen molar-refractivity contribution in [2.45, 2.75) is 11.5 Å². The number of thioether (sulfide) groups is 1. The second-order valence-corrected chi connectivity index (χ2v) is 5.92. The molecule has 1 aliphatic heterocycles. The number of nitrogens with two attached hydrogens (primary N) is 1. The van der Waals surface area contributed by atoms with E-state index in [0.717, 1.165) is 28.7 Å². The van der Waals surface area contributed by atoms with Gasteiger partial charge in [0.1, 0.15) is 5.82 Å². The lowest BCUT2D eigenvalue weighted by Crippen LogP contribution is -2.03. The molecule has 82 valence electrons. The van der Waals surface area contributed by atoms with Gasteiger partial charge >= 0.3 is 0 Å². The molecule has 0 atom stereocenters. The first-order valence-electron chi connectivity index (χ1n) is 4.95. The Hall–Kier alpha value is -0.690. The minimum atomic E-state index is 0.793. The number of nitrogens with zero attached hydrogens (tertiary/aromatic N) is 2. The van der Waals surface area contributed by atoms with Crippen LogP contribution < -0.4 is 5.73 Å². The standard InChI is InChI=1S/C11H10IN3S/c12-7-1-3-8(4-2-7)15-11(13)9-5-16-6-10(9)14-15/h1-4H,5-6,13H2. The number of hydrogen-bond acceptors (Lipinski definition) is 3. The van der Waals surface area contributed by atoms with Crippen molar-refractivity contribution >= 4 is 40.2 Å². The first-order chi connectivity index (χ1) is 7.75. The zero-order valence-electron chi connectivity index (χ0n) is 8.48. The third-order valence-corrected chi connectivity index (χ3v) is 4.35. The lowest BCUT2D eigenvalue weighted by molar-refractivity contribution is 0.869. The molecule has 0 amide bonds. The molecule has 2 N–H and O–H groups in total. The third-order valence-electron chi connectivity index (χ3n) is 2.66. The Morgan fingerprint density at radius 1 is 1.25 bits per heavy atom. The number of benzene rings is 1. The monoisotopic (exact) mass is 343 g/mol. The van der Waals surface area contributed by atoms with Crippen molar-refractivity contribution in [3.63, 3.8) is 0 Å². The van der Waals surface area contributed by atoms with Gasteiger partial charge in [-0.2, -0.15) is 16.9 Å². The van der Waals surface area contributed by atoms with Gasteiger partial charge in [-0.3, -0.25) is 0 Å². The Labute approximate surface area is 112 Å². The van der Waals surface area contributed by atoms with Gasteiger partial charge in [0.25, 0.3) is 0 Å². The second-order valence-electron chi connectivity index (χ2n) is 3.69. The molecule has 0 spiro atoms. The Balaban J connectivity index is 2.10. The van der Waals surface area contributed by atoms with E-state index in [9.17, 15) is 0 Å². The molecule has 1 aliphatic rings. The van der Waals surface area contributed by atoms with Gasteiger partial charge in [0, 0.05) is 20.6 Å². The number of rotatable bonds is 1. The summed E-state index contributed by atoms with van der Waals surface area (Å²) in [6.07, 6.45) is 0. The highest BCUT2D eigenvalue weighted by Crippen LogP contribution is 2.34. The van der Waals surface area contributed by atoms with Crippen LogP contribution in [-0.2, 0) is 11.5 Å². The number of hydrogen-bond donors (Lipinski definition) is 1. The molecule has 16 heavy (non-hydrogen) atoms. The molecule has 0 fully saturated rings. The van der Waals surface area contributed by atoms with Crippen molar-refractivity contribution < 1.29 is 0 Å². The maximum Gasteiger partial charge on any atom is 0.131 e. The topological polar surface area (TPSA) is 43.8 Å². The van der Waals surface area contributed by atoms with E-state index in [1.165, 1.54) is 9.13 Å². The molecule has 2 heterocycles. The Kier molecular flexibility index (Phi) is 2.59. The van der Waals surface area contributed by atoms with E-state index in [0.29, 0.717) is 0 Å². The molecule has 0 saturated heterocycles. The molecule has 5 heteroatoms. The van der Waals surface area contributed by atoms with E-state index in [1.807, 2.05) is 28.6 Å². The van der Waals surface area contributed by atoms with E-state index in [4.69, 9.17) is 5.73 Å². The molecule has 0 bridgehead atoms. The summed E-state index contributed by atoms with van der Waals surface area (Å²) in [7, 11) is 0. The summed E-state index contributed by atoms with van der Waals surface area (Å²) in [5, 5.41) is 4.56. The quantitative estimate of drug-likeness (QED) is 0.810. The van der Waals surface area contributed by atoms with Crippen molar-refractivity contribution in [2.75, 3.05) is 5.73 Å². The molecule has 0 radical (unpaired) electrons. The summed E-state index contributed by atoms with van der Waals surface area (Å²) in [5.74, 6) is 2.77. The molecular weight excluding hydrogens is 333 g/mol. The largest absolute Gasteiger partial charge is 0.383 e. The third kappa shape index (κ3) is 1.62. The van der Waals surface area contributed by atoms with Gasteiger partial charge in [-0.25, -0.2) is 4.68 Å². The van der Waals surface area contributed by atoms with Crippen LogP contribution in [0.1, 0.15) is 11.3 Å². The highest BCUT2D eigenvalue weighted by atomic mass is 127. The zero-order chi connectivity index (χ0) is 11.1. The van der Waals surface area contributed by atoms with Gasteiger partial charge < -0.3 is 5.73 Å². The summed E-state index contributed by atoms with van der Waals surface area (Å²) in [6.45, 7) is 0. The average molecular weight is 343 g/mol. The van der Waals surface area contributed by atoms with Gasteiger partial charge in [0.2, 0.25) is 0 Å². The SMILES string of the molecule is Nc1c2c(nn1-c1ccc(I)cc1)CSC2. The normalized spacial score (nSPS) is 14.1. The predicted molar refractivity (Wildman–Crippen MR) is 75.7 cm³/mol. The molecule has 1 aromatic heterocycles. The van der Waals surface area contributed by atoms with Crippen LogP contribution >= 0.6 is 34.4 Å². The lowest BCUT2D eigenvalue weighted by Gasteiger charge is -2.05. The molecule has 0 aliphatic carbocycles. The van der Waals surface area contributed by atoms with Crippen LogP contribution in [0, 0.1) is 3.57 Å². The van der Waals surface area contributed by atoms with Gasteiger partial charge in [0.05, 0.1) is 11.4 Å². The molecule has 3 nitrogen and oxygen atoms in total. The van der Waals surface area contributed by atoms with Gasteiger partial charge in [-0.15, -0.1) is 0 Å². The summed E-state index contributed by atoms with van der Waals surface area (Å²) < 4.78 is 3.07. The second kappa shape index (κ2) is 3.96. The van der Waals surface area contributed by atoms with Crippen LogP contribution in [0.4, 0.5) is 5.82 Å². The average Bonchev–Trinajstić information content (AvgIpc) is 2.84. The molecule has 2 aromatic rings. The lowest BCUT2D eigenvalue weighted by atomic mass is 10.3. The molecule has 3 rings (SSSR count). The van der Waals surface area contributed by atoms with E-state index in [-0.39, 0.29) is 0 Å². The molecule has 0 saturated carbocycles. The van der Waals surface area contributed by atoms with Gasteiger partial charge in [-0.1, -0.05) is 0 Å². The van der Waals surface area contributed by atoms with Crippen LogP contribution in [0.5, 0.6) is 0 Å². The van der Waals surface area contributed by atoms with Crippen molar-refractivity contribution in [1.82, 2.24) is 9.78 Å². The zero-order valence-corrected chi connectivity index (χ0v) is 11.5. The molecule has 1 aromatic carbocycles. The fraction of sp³-hybridized carbons (Fsp3) is 0.182. The van der Waals surface area contributed by atoms with Crippen LogP contribution in [0.15, 0.2) is 24.3 Å². The highest BCUT2D eigenvalue weighted by Gasteiger charge is 2.21. The first-order valence-corrected chi connectivity index (χ1v) is 7.19. The maximum atomic E-state index is 6.11. The Bertz CT molecular complexity index is 533. The minimum absolute atomic E-state index is 0.793. The van der Waals surface area contributed by atoms with Crippen LogP contribution in [0.2, 0.25) is 0 Å². The number of aromatic nitrogens is 2. The number of halogens is 1. The van der Waals surface area contributed by atoms with Crippen molar-refractivity contribution in [3.8, 4) is 5.69 Å². The number of fused-ring (bicyclic) bond motifs is 1. The van der Waals surface area contributed by atoms with E-state index < -0.39 is 0 Å². The van der Waals surface area contributed by atoms with Crippen molar-refractivity contribution in [3.05, 3.63) is 39.1 Å². The molecular formula is C11H10IN3S. The molecule has 0 unspecified atom stereocenters. The Morgan fingerprint density at radius 3 is 2.69 bits per heavy atom. The summed E-state index contributed by atoms with van der Waals surface area (Å²) in [5.41, 5.74) is 9.50. The van der Waals surface area contributed by atoms with Crippen LogP contribution in [0.25, 0.3) is 5.69 Å². The minimum Gasteiger partial charge on any atom is -0.383 e. The first kappa shape index (κ1) is 10.5. The predicted octanol–water partition coefficient (Wildman–Crippen LogP) is 2.81. The number of nitrogen functional groups attached to an aromatic ring is 1. The summed E-state index contributed by atoms with van der Waals surface area (Å²) in [4.78, 5) is 0. The fourth-order valence-electron chi connectivity index (χ4n) is 1.81. The van der Waals surface area contributed by atoms with Crippen LogP contribution in [0.3, 0.4) is 0 Å². The van der Waals surface area contributed by atoms with E-state index in [2.05, 4.69) is 39.8 Å².